The quantitative estimate of drug-likeness (QED) is 0.388. The van der Waals surface area contributed by atoms with Gasteiger partial charge in [0.25, 0.3) is 0 Å². The zero-order valence-corrected chi connectivity index (χ0v) is 11.2. The van der Waals surface area contributed by atoms with Gasteiger partial charge in [-0.2, -0.15) is 0 Å². The smallest absolute Gasteiger partial charge is 0.365 e. The summed E-state index contributed by atoms with van der Waals surface area (Å²) in [6.45, 7) is 0. The van der Waals surface area contributed by atoms with Crippen molar-refractivity contribution in [1.29, 1.82) is 0 Å². The van der Waals surface area contributed by atoms with E-state index in [1.165, 1.54) is 24.5 Å². The van der Waals surface area contributed by atoms with Crippen LogP contribution in [0.1, 0.15) is 5.56 Å². The van der Waals surface area contributed by atoms with Crippen molar-refractivity contribution in [3.63, 3.8) is 0 Å². The molecule has 1 heterocycles. The number of pyridine rings is 1. The highest BCUT2D eigenvalue weighted by atomic mass is 31.2. The molecule has 8 nitrogen and oxygen atoms in total. The van der Waals surface area contributed by atoms with Crippen molar-refractivity contribution >= 4 is 15.2 Å². The van der Waals surface area contributed by atoms with Crippen LogP contribution in [-0.4, -0.2) is 24.9 Å². The lowest BCUT2D eigenvalue weighted by Gasteiger charge is -2.36. The van der Waals surface area contributed by atoms with Crippen molar-refractivity contribution < 1.29 is 38.4 Å². The Morgan fingerprint density at radius 2 is 1.72 bits per heavy atom. The first-order valence-corrected chi connectivity index (χ1v) is 7.92. The summed E-state index contributed by atoms with van der Waals surface area (Å²) in [5.74, 6) is 0. The lowest BCUT2D eigenvalue weighted by Crippen LogP contribution is -2.36. The summed E-state index contributed by atoms with van der Waals surface area (Å²) in [5.41, 5.74) is 0.157. The summed E-state index contributed by atoms with van der Waals surface area (Å²) in [6, 6.07) is 2.74. The number of hydrogen-bond acceptors (Lipinski definition) is 4. The van der Waals surface area contributed by atoms with Crippen LogP contribution < -0.4 is 9.46 Å². The number of rotatable bonds is 4. The highest BCUT2D eigenvalue weighted by molar-refractivity contribution is 7.71. The van der Waals surface area contributed by atoms with E-state index in [2.05, 4.69) is 0 Å². The van der Waals surface area contributed by atoms with Crippen LogP contribution in [0.3, 0.4) is 0 Å². The number of hydrogen-bond donors (Lipinski definition) is 4. The number of aromatic nitrogens is 1. The van der Waals surface area contributed by atoms with Crippen LogP contribution in [0.15, 0.2) is 24.5 Å². The first kappa shape index (κ1) is 15.5. The molecule has 0 saturated carbocycles. The Balaban J connectivity index is 3.20. The number of aliphatic hydroxyl groups is 1. The van der Waals surface area contributed by atoms with Crippen molar-refractivity contribution in [2.45, 2.75) is 11.5 Å². The van der Waals surface area contributed by atoms with E-state index in [0.29, 0.717) is 0 Å². The largest absolute Gasteiger partial charge is 0.776 e. The zero-order valence-electron chi connectivity index (χ0n) is 9.37. The third kappa shape index (κ3) is 3.05. The molecule has 0 radical (unpaired) electrons. The van der Waals surface area contributed by atoms with Gasteiger partial charge in [0.15, 0.2) is 20.0 Å². The topological polar surface area (TPSA) is 142 Å². The molecular formula is C8H13NO7P2. The molecule has 10 heteroatoms. The molecule has 0 bridgehead atoms. The lowest BCUT2D eigenvalue weighted by molar-refractivity contribution is -0.671. The average Bonchev–Trinajstić information content (AvgIpc) is 2.18. The Morgan fingerprint density at radius 1 is 1.28 bits per heavy atom. The van der Waals surface area contributed by atoms with E-state index in [1.807, 2.05) is 0 Å². The second-order valence-corrected chi connectivity index (χ2v) is 7.85. The molecule has 0 saturated heterocycles. The highest BCUT2D eigenvalue weighted by Crippen LogP contribution is 2.66. The van der Waals surface area contributed by atoms with Gasteiger partial charge in [-0.15, -0.1) is 0 Å². The van der Waals surface area contributed by atoms with Gasteiger partial charge < -0.3 is 29.2 Å². The fourth-order valence-corrected chi connectivity index (χ4v) is 3.38. The van der Waals surface area contributed by atoms with Gasteiger partial charge in [0.05, 0.1) is 0 Å². The normalized spacial score (nSPS) is 19.0. The lowest BCUT2D eigenvalue weighted by atomic mass is 10.2. The van der Waals surface area contributed by atoms with Gasteiger partial charge >= 0.3 is 7.60 Å². The van der Waals surface area contributed by atoms with Crippen LogP contribution >= 0.6 is 15.2 Å². The monoisotopic (exact) mass is 297 g/mol. The van der Waals surface area contributed by atoms with E-state index < -0.39 is 26.7 Å². The van der Waals surface area contributed by atoms with Crippen molar-refractivity contribution in [3.05, 3.63) is 30.1 Å². The SMILES string of the molecule is C[n+]1ccc(CC(O)(P(=O)([O-])O)P(=O)(O)O)cc1. The van der Waals surface area contributed by atoms with Gasteiger partial charge in [-0.1, -0.05) is 0 Å². The standard InChI is InChI=1S/C8H13NO7P2/c1-9-4-2-7(3-5-9)6-8(10,17(11,12)13)18(14,15)16/h2-5,10H,6H2,1H3,(H3-,11,12,13,14,15,16). The van der Waals surface area contributed by atoms with Crippen LogP contribution in [-0.2, 0) is 22.6 Å². The molecule has 0 amide bonds. The van der Waals surface area contributed by atoms with Gasteiger partial charge in [-0.05, 0) is 5.56 Å². The maximum absolute atomic E-state index is 11.1. The summed E-state index contributed by atoms with van der Waals surface area (Å²) in [4.78, 5) is 37.7. The summed E-state index contributed by atoms with van der Waals surface area (Å²) in [6.07, 6.45) is 2.10. The predicted molar refractivity (Wildman–Crippen MR) is 58.1 cm³/mol. The Hall–Kier alpha value is -0.590. The van der Waals surface area contributed by atoms with Crippen LogP contribution in [0.5, 0.6) is 0 Å². The molecule has 1 rings (SSSR count). The van der Waals surface area contributed by atoms with Crippen molar-refractivity contribution in [1.82, 2.24) is 0 Å². The molecule has 2 atom stereocenters. The van der Waals surface area contributed by atoms with Gasteiger partial charge in [0.2, 0.25) is 5.08 Å². The van der Waals surface area contributed by atoms with Gasteiger partial charge in [-0.3, -0.25) is 4.57 Å². The van der Waals surface area contributed by atoms with Gasteiger partial charge in [0.1, 0.15) is 7.05 Å². The van der Waals surface area contributed by atoms with Crippen LogP contribution in [0.2, 0.25) is 0 Å². The molecule has 4 N–H and O–H groups in total. The molecule has 0 aliphatic rings. The summed E-state index contributed by atoms with van der Waals surface area (Å²) in [5, 5.41) is 6.10. The molecule has 0 spiro atoms. The maximum Gasteiger partial charge on any atom is 0.365 e. The molecule has 0 fully saturated rings. The number of nitrogens with zero attached hydrogens (tertiary/aromatic N) is 1. The van der Waals surface area contributed by atoms with E-state index in [9.17, 15) is 19.1 Å². The van der Waals surface area contributed by atoms with Crippen LogP contribution in [0.25, 0.3) is 0 Å². The van der Waals surface area contributed by atoms with Crippen molar-refractivity contribution in [3.8, 4) is 0 Å². The van der Waals surface area contributed by atoms with Crippen molar-refractivity contribution in [2.24, 2.45) is 7.05 Å². The van der Waals surface area contributed by atoms with Crippen molar-refractivity contribution in [2.75, 3.05) is 0 Å². The molecule has 0 aliphatic heterocycles. The summed E-state index contributed by atoms with van der Waals surface area (Å²) in [7, 11) is -9.43. The third-order valence-corrected chi connectivity index (χ3v) is 6.10. The minimum Gasteiger partial charge on any atom is -0.776 e. The van der Waals surface area contributed by atoms with Gasteiger partial charge in [0, 0.05) is 18.6 Å². The minimum atomic E-state index is -5.65. The second-order valence-electron chi connectivity index (χ2n) is 3.89. The van der Waals surface area contributed by atoms with E-state index in [-0.39, 0.29) is 5.56 Å². The Kier molecular flexibility index (Phi) is 4.15. The molecule has 0 aliphatic carbocycles. The Bertz CT molecular complexity index is 495. The Morgan fingerprint density at radius 3 is 2.06 bits per heavy atom. The van der Waals surface area contributed by atoms with E-state index in [0.717, 1.165) is 0 Å². The highest BCUT2D eigenvalue weighted by Gasteiger charge is 2.53. The Labute approximate surface area is 103 Å². The zero-order chi connectivity index (χ0) is 14.2. The molecule has 0 aromatic carbocycles. The summed E-state index contributed by atoms with van der Waals surface area (Å²) >= 11 is 0. The first-order valence-electron chi connectivity index (χ1n) is 4.73. The van der Waals surface area contributed by atoms with E-state index in [4.69, 9.17) is 14.7 Å². The van der Waals surface area contributed by atoms with E-state index in [1.54, 1.807) is 11.6 Å². The first-order chi connectivity index (χ1) is 7.97. The number of aryl methyl sites for hydroxylation is 1. The second kappa shape index (κ2) is 4.83. The molecule has 1 aromatic heterocycles. The van der Waals surface area contributed by atoms with Crippen LogP contribution in [0.4, 0.5) is 0 Å². The fraction of sp³-hybridized carbons (Fsp3) is 0.375. The maximum atomic E-state index is 11.1. The van der Waals surface area contributed by atoms with E-state index >= 15 is 0 Å². The third-order valence-electron chi connectivity index (χ3n) is 2.41. The average molecular weight is 297 g/mol. The molecule has 18 heavy (non-hydrogen) atoms. The molecular weight excluding hydrogens is 284 g/mol. The van der Waals surface area contributed by atoms with Gasteiger partial charge in [-0.25, -0.2) is 4.57 Å². The molecule has 1 aromatic rings. The molecule has 102 valence electrons. The van der Waals surface area contributed by atoms with Crippen LogP contribution in [0, 0.1) is 0 Å². The minimum absolute atomic E-state index is 0.157. The molecule has 2 unspecified atom stereocenters. The summed E-state index contributed by atoms with van der Waals surface area (Å²) < 4.78 is 23.7. The predicted octanol–water partition coefficient (Wildman–Crippen LogP) is -1.58. The fourth-order valence-electron chi connectivity index (χ4n) is 1.29.